The average molecular weight is 455 g/mol. The Morgan fingerprint density at radius 1 is 1.03 bits per heavy atom. The van der Waals surface area contributed by atoms with Gasteiger partial charge in [0.15, 0.2) is 5.58 Å². The molecule has 0 bridgehead atoms. The molecule has 33 heavy (non-hydrogen) atoms. The third-order valence-electron chi connectivity index (χ3n) is 5.57. The van der Waals surface area contributed by atoms with Crippen molar-refractivity contribution in [3.63, 3.8) is 0 Å². The monoisotopic (exact) mass is 454 g/mol. The van der Waals surface area contributed by atoms with Gasteiger partial charge in [0, 0.05) is 11.9 Å². The molecule has 0 spiro atoms. The molecule has 1 N–H and O–H groups in total. The number of carbonyl (C=O) groups excluding carboxylic acids is 1. The van der Waals surface area contributed by atoms with E-state index < -0.39 is 0 Å². The first-order valence-electron chi connectivity index (χ1n) is 11.8. The van der Waals surface area contributed by atoms with E-state index in [0.29, 0.717) is 35.7 Å². The summed E-state index contributed by atoms with van der Waals surface area (Å²) < 4.78 is 16.5. The van der Waals surface area contributed by atoms with Crippen LogP contribution in [0.15, 0.2) is 40.9 Å². The lowest BCUT2D eigenvalue weighted by Gasteiger charge is -2.22. The zero-order valence-corrected chi connectivity index (χ0v) is 19.8. The summed E-state index contributed by atoms with van der Waals surface area (Å²) in [4.78, 5) is 14.2. The molecule has 0 unspecified atom stereocenters. The van der Waals surface area contributed by atoms with Crippen molar-refractivity contribution in [1.29, 1.82) is 0 Å². The Morgan fingerprint density at radius 2 is 1.73 bits per heavy atom. The second-order valence-corrected chi connectivity index (χ2v) is 8.09. The Labute approximate surface area is 195 Å². The number of rotatable bonds is 13. The molecule has 0 amide bonds. The fraction of sp³-hybridized carbons (Fsp3) is 0.462. The third-order valence-corrected chi connectivity index (χ3v) is 5.57. The lowest BCUT2D eigenvalue weighted by Crippen LogP contribution is -2.25. The standard InChI is InChI=1S/C26H34N2O5/c1-4-7-15-28(16-8-5-2)17-22-24(29)14-13-21-23(27-33-25(21)22)18-32-20-11-9-19(10-12-20)26(30)31-6-3/h9-14,29H,4-8,15-18H2,1-3H3. The number of ether oxygens (including phenoxy) is 2. The number of benzene rings is 2. The minimum absolute atomic E-state index is 0.214. The van der Waals surface area contributed by atoms with Gasteiger partial charge >= 0.3 is 5.97 Å². The molecule has 0 fully saturated rings. The molecule has 178 valence electrons. The molecule has 0 atom stereocenters. The number of unbranched alkanes of at least 4 members (excludes halogenated alkanes) is 2. The van der Waals surface area contributed by atoms with E-state index in [9.17, 15) is 9.90 Å². The van der Waals surface area contributed by atoms with Crippen molar-refractivity contribution in [2.24, 2.45) is 0 Å². The summed E-state index contributed by atoms with van der Waals surface area (Å²) in [6.45, 7) is 9.28. The van der Waals surface area contributed by atoms with Crippen LogP contribution in [0.2, 0.25) is 0 Å². The van der Waals surface area contributed by atoms with Gasteiger partial charge in [-0.25, -0.2) is 4.79 Å². The smallest absolute Gasteiger partial charge is 0.338 e. The number of phenolic OH excluding ortho intramolecular Hbond substituents is 1. The summed E-state index contributed by atoms with van der Waals surface area (Å²) in [6, 6.07) is 10.3. The average Bonchev–Trinajstić information content (AvgIpc) is 3.24. The molecule has 0 aliphatic rings. The van der Waals surface area contributed by atoms with E-state index in [4.69, 9.17) is 14.0 Å². The molecule has 0 saturated carbocycles. The summed E-state index contributed by atoms with van der Waals surface area (Å²) in [5.74, 6) is 0.480. The lowest BCUT2D eigenvalue weighted by atomic mass is 10.1. The molecular formula is C26H34N2O5. The zero-order chi connectivity index (χ0) is 23.6. The second-order valence-electron chi connectivity index (χ2n) is 8.09. The predicted molar refractivity (Wildman–Crippen MR) is 127 cm³/mol. The SMILES string of the molecule is CCCCN(CCCC)Cc1c(O)ccc2c(COc3ccc(C(=O)OCC)cc3)noc12. The van der Waals surface area contributed by atoms with Crippen molar-refractivity contribution < 1.29 is 23.9 Å². The minimum Gasteiger partial charge on any atom is -0.507 e. The molecule has 2 aromatic carbocycles. The van der Waals surface area contributed by atoms with Gasteiger partial charge in [0.25, 0.3) is 0 Å². The van der Waals surface area contributed by atoms with Gasteiger partial charge < -0.3 is 19.1 Å². The van der Waals surface area contributed by atoms with Gasteiger partial charge in [-0.1, -0.05) is 31.8 Å². The zero-order valence-electron chi connectivity index (χ0n) is 19.8. The van der Waals surface area contributed by atoms with Crippen LogP contribution < -0.4 is 4.74 Å². The second kappa shape index (κ2) is 12.3. The van der Waals surface area contributed by atoms with Crippen LogP contribution in [0.5, 0.6) is 11.5 Å². The van der Waals surface area contributed by atoms with Crippen LogP contribution in [0.1, 0.15) is 68.1 Å². The number of phenols is 1. The molecule has 3 aromatic rings. The number of hydrogen-bond acceptors (Lipinski definition) is 7. The van der Waals surface area contributed by atoms with Crippen LogP contribution >= 0.6 is 0 Å². The van der Waals surface area contributed by atoms with E-state index in [2.05, 4.69) is 23.9 Å². The summed E-state index contributed by atoms with van der Waals surface area (Å²) >= 11 is 0. The Kier molecular flexibility index (Phi) is 9.13. The summed E-state index contributed by atoms with van der Waals surface area (Å²) in [5.41, 5.74) is 2.50. The maximum absolute atomic E-state index is 11.8. The van der Waals surface area contributed by atoms with Crippen molar-refractivity contribution in [3.8, 4) is 11.5 Å². The molecule has 0 aliphatic heterocycles. The number of fused-ring (bicyclic) bond motifs is 1. The highest BCUT2D eigenvalue weighted by Crippen LogP contribution is 2.31. The van der Waals surface area contributed by atoms with Gasteiger partial charge in [-0.15, -0.1) is 0 Å². The normalized spacial score (nSPS) is 11.3. The summed E-state index contributed by atoms with van der Waals surface area (Å²) in [5, 5.41) is 15.6. The Hall–Kier alpha value is -3.06. The van der Waals surface area contributed by atoms with Crippen molar-refractivity contribution >= 4 is 16.9 Å². The molecule has 0 saturated heterocycles. The lowest BCUT2D eigenvalue weighted by molar-refractivity contribution is 0.0526. The van der Waals surface area contributed by atoms with Crippen LogP contribution in [0.25, 0.3) is 11.0 Å². The van der Waals surface area contributed by atoms with Gasteiger partial charge in [-0.05, 0) is 69.3 Å². The number of hydrogen-bond donors (Lipinski definition) is 1. The fourth-order valence-electron chi connectivity index (χ4n) is 3.67. The quantitative estimate of drug-likeness (QED) is 0.332. The summed E-state index contributed by atoms with van der Waals surface area (Å²) in [7, 11) is 0. The number of carbonyl (C=O) groups is 1. The van der Waals surface area contributed by atoms with Crippen LogP contribution in [0, 0.1) is 0 Å². The first-order valence-corrected chi connectivity index (χ1v) is 11.8. The van der Waals surface area contributed by atoms with E-state index in [0.717, 1.165) is 49.7 Å². The van der Waals surface area contributed by atoms with Crippen LogP contribution in [0.3, 0.4) is 0 Å². The molecule has 1 aromatic heterocycles. The number of aromatic nitrogens is 1. The highest BCUT2D eigenvalue weighted by atomic mass is 16.5. The Bertz CT molecular complexity index is 1020. The van der Waals surface area contributed by atoms with Crippen LogP contribution in [-0.4, -0.2) is 40.8 Å². The highest BCUT2D eigenvalue weighted by Gasteiger charge is 2.18. The molecule has 3 rings (SSSR count). The first kappa shape index (κ1) is 24.6. The molecular weight excluding hydrogens is 420 g/mol. The maximum Gasteiger partial charge on any atom is 0.338 e. The van der Waals surface area contributed by atoms with E-state index in [1.165, 1.54) is 0 Å². The first-order chi connectivity index (χ1) is 16.1. The summed E-state index contributed by atoms with van der Waals surface area (Å²) in [6.07, 6.45) is 4.49. The molecule has 0 radical (unpaired) electrons. The van der Waals surface area contributed by atoms with Crippen LogP contribution in [-0.2, 0) is 17.9 Å². The molecule has 0 aliphatic carbocycles. The molecule has 1 heterocycles. The van der Waals surface area contributed by atoms with Gasteiger partial charge in [0.2, 0.25) is 0 Å². The fourth-order valence-corrected chi connectivity index (χ4v) is 3.67. The van der Waals surface area contributed by atoms with Crippen molar-refractivity contribution in [3.05, 3.63) is 53.2 Å². The van der Waals surface area contributed by atoms with Crippen molar-refractivity contribution in [2.75, 3.05) is 19.7 Å². The predicted octanol–water partition coefficient (Wildman–Crippen LogP) is 5.69. The minimum atomic E-state index is -0.356. The van der Waals surface area contributed by atoms with Gasteiger partial charge in [0.1, 0.15) is 23.8 Å². The van der Waals surface area contributed by atoms with Gasteiger partial charge in [-0.2, -0.15) is 0 Å². The van der Waals surface area contributed by atoms with E-state index in [1.807, 2.05) is 6.07 Å². The maximum atomic E-state index is 11.8. The van der Waals surface area contributed by atoms with Crippen molar-refractivity contribution in [1.82, 2.24) is 10.1 Å². The van der Waals surface area contributed by atoms with E-state index in [1.54, 1.807) is 37.3 Å². The van der Waals surface area contributed by atoms with E-state index >= 15 is 0 Å². The number of nitrogens with zero attached hydrogens (tertiary/aromatic N) is 2. The van der Waals surface area contributed by atoms with Crippen LogP contribution in [0.4, 0.5) is 0 Å². The third kappa shape index (κ3) is 6.48. The molecule has 7 nitrogen and oxygen atoms in total. The Morgan fingerprint density at radius 3 is 2.36 bits per heavy atom. The highest BCUT2D eigenvalue weighted by molar-refractivity contribution is 5.89. The van der Waals surface area contributed by atoms with Gasteiger partial charge in [-0.3, -0.25) is 4.90 Å². The van der Waals surface area contributed by atoms with Crippen molar-refractivity contribution in [2.45, 2.75) is 59.6 Å². The molecule has 7 heteroatoms. The largest absolute Gasteiger partial charge is 0.507 e. The number of esters is 1. The van der Waals surface area contributed by atoms with Gasteiger partial charge in [0.05, 0.1) is 17.7 Å². The Balaban J connectivity index is 1.73. The topological polar surface area (TPSA) is 85.0 Å². The number of aromatic hydroxyl groups is 1. The van der Waals surface area contributed by atoms with E-state index in [-0.39, 0.29) is 18.3 Å².